The fourth-order valence-corrected chi connectivity index (χ4v) is 2.63. The Bertz CT molecular complexity index is 888. The molecule has 0 heterocycles. The number of alkyl halides is 3. The number of carbonyl (C=O) groups excluding carboxylic acids is 2. The molecule has 0 unspecified atom stereocenters. The SMILES string of the molecule is CN(Cc1cccc(NC(=O)Cc2ccc(C(F)(F)F)cc2)c1)C(=O)OC(C)(C)C. The molecule has 0 spiro atoms. The van der Waals surface area contributed by atoms with Crippen molar-refractivity contribution in [3.8, 4) is 0 Å². The Labute approximate surface area is 173 Å². The quantitative estimate of drug-likeness (QED) is 0.716. The molecule has 0 aliphatic carbocycles. The Kier molecular flexibility index (Phi) is 7.12. The van der Waals surface area contributed by atoms with Gasteiger partial charge >= 0.3 is 12.3 Å². The van der Waals surface area contributed by atoms with Crippen molar-refractivity contribution in [3.05, 3.63) is 65.2 Å². The number of rotatable bonds is 5. The van der Waals surface area contributed by atoms with E-state index in [1.165, 1.54) is 17.0 Å². The molecule has 2 aromatic carbocycles. The van der Waals surface area contributed by atoms with Gasteiger partial charge in [-0.15, -0.1) is 0 Å². The highest BCUT2D eigenvalue weighted by atomic mass is 19.4. The lowest BCUT2D eigenvalue weighted by Crippen LogP contribution is -2.33. The van der Waals surface area contributed by atoms with Crippen LogP contribution in [0.1, 0.15) is 37.5 Å². The van der Waals surface area contributed by atoms with Gasteiger partial charge in [-0.05, 0) is 56.2 Å². The van der Waals surface area contributed by atoms with Crippen LogP contribution in [0.15, 0.2) is 48.5 Å². The van der Waals surface area contributed by atoms with Crippen LogP contribution in [0.25, 0.3) is 0 Å². The summed E-state index contributed by atoms with van der Waals surface area (Å²) in [5.74, 6) is -0.354. The molecule has 0 saturated carbocycles. The zero-order valence-corrected chi connectivity index (χ0v) is 17.3. The number of nitrogens with zero attached hydrogens (tertiary/aromatic N) is 1. The van der Waals surface area contributed by atoms with Crippen LogP contribution in [0, 0.1) is 0 Å². The Morgan fingerprint density at radius 1 is 1.00 bits per heavy atom. The van der Waals surface area contributed by atoms with E-state index in [1.54, 1.807) is 46.0 Å². The van der Waals surface area contributed by atoms with Gasteiger partial charge in [0.25, 0.3) is 0 Å². The topological polar surface area (TPSA) is 58.6 Å². The Morgan fingerprint density at radius 2 is 1.63 bits per heavy atom. The fraction of sp³-hybridized carbons (Fsp3) is 0.364. The minimum atomic E-state index is -4.41. The molecule has 2 aromatic rings. The summed E-state index contributed by atoms with van der Waals surface area (Å²) in [6.07, 6.45) is -4.92. The van der Waals surface area contributed by atoms with Crippen LogP contribution in [0.5, 0.6) is 0 Å². The second-order valence-corrected chi connectivity index (χ2v) is 7.96. The van der Waals surface area contributed by atoms with Crippen molar-refractivity contribution in [2.75, 3.05) is 12.4 Å². The van der Waals surface area contributed by atoms with E-state index < -0.39 is 23.4 Å². The van der Waals surface area contributed by atoms with Crippen LogP contribution in [0.4, 0.5) is 23.7 Å². The third-order valence-electron chi connectivity index (χ3n) is 3.98. The minimum Gasteiger partial charge on any atom is -0.444 e. The van der Waals surface area contributed by atoms with Gasteiger partial charge < -0.3 is 15.0 Å². The summed E-state index contributed by atoms with van der Waals surface area (Å²) >= 11 is 0. The van der Waals surface area contributed by atoms with Crippen LogP contribution in [0.3, 0.4) is 0 Å². The van der Waals surface area contributed by atoms with E-state index in [2.05, 4.69) is 5.32 Å². The Morgan fingerprint density at radius 3 is 2.20 bits per heavy atom. The van der Waals surface area contributed by atoms with Gasteiger partial charge in [0.15, 0.2) is 0 Å². The molecule has 0 atom stereocenters. The zero-order valence-electron chi connectivity index (χ0n) is 17.3. The largest absolute Gasteiger partial charge is 0.444 e. The molecule has 0 aromatic heterocycles. The maximum absolute atomic E-state index is 12.6. The summed E-state index contributed by atoms with van der Waals surface area (Å²) in [5.41, 5.74) is 0.437. The lowest BCUT2D eigenvalue weighted by Gasteiger charge is -2.24. The second-order valence-electron chi connectivity index (χ2n) is 7.96. The van der Waals surface area contributed by atoms with Gasteiger partial charge in [0.05, 0.1) is 12.0 Å². The van der Waals surface area contributed by atoms with Gasteiger partial charge in [-0.2, -0.15) is 13.2 Å². The number of benzene rings is 2. The molecule has 0 radical (unpaired) electrons. The highest BCUT2D eigenvalue weighted by molar-refractivity contribution is 5.92. The first kappa shape index (κ1) is 23.3. The van der Waals surface area contributed by atoms with E-state index in [4.69, 9.17) is 4.74 Å². The summed E-state index contributed by atoms with van der Waals surface area (Å²) in [5, 5.41) is 2.72. The number of hydrogen-bond acceptors (Lipinski definition) is 3. The van der Waals surface area contributed by atoms with E-state index in [-0.39, 0.29) is 18.9 Å². The molecule has 0 saturated heterocycles. The standard InChI is InChI=1S/C22H25F3N2O3/c1-21(2,3)30-20(29)27(4)14-16-6-5-7-18(12-16)26-19(28)13-15-8-10-17(11-9-15)22(23,24)25/h5-12H,13-14H2,1-4H3,(H,26,28). The zero-order chi connectivity index (χ0) is 22.5. The maximum Gasteiger partial charge on any atom is 0.416 e. The summed E-state index contributed by atoms with van der Waals surface area (Å²) in [7, 11) is 1.62. The number of amides is 2. The fourth-order valence-electron chi connectivity index (χ4n) is 2.63. The third-order valence-corrected chi connectivity index (χ3v) is 3.98. The van der Waals surface area contributed by atoms with Crippen molar-refractivity contribution in [1.29, 1.82) is 0 Å². The molecule has 0 aliphatic heterocycles. The van der Waals surface area contributed by atoms with Gasteiger partial charge in [-0.3, -0.25) is 4.79 Å². The van der Waals surface area contributed by atoms with Crippen molar-refractivity contribution >= 4 is 17.7 Å². The van der Waals surface area contributed by atoms with Crippen LogP contribution in [-0.2, 0) is 28.7 Å². The summed E-state index contributed by atoms with van der Waals surface area (Å²) in [6, 6.07) is 11.5. The third kappa shape index (κ3) is 7.42. The van der Waals surface area contributed by atoms with Gasteiger partial charge in [-0.1, -0.05) is 24.3 Å². The molecule has 2 amide bonds. The van der Waals surface area contributed by atoms with Gasteiger partial charge in [0.2, 0.25) is 5.91 Å². The van der Waals surface area contributed by atoms with Gasteiger partial charge in [0.1, 0.15) is 5.60 Å². The molecular formula is C22H25F3N2O3. The Hall–Kier alpha value is -3.03. The van der Waals surface area contributed by atoms with E-state index in [9.17, 15) is 22.8 Å². The number of nitrogens with one attached hydrogen (secondary N) is 1. The highest BCUT2D eigenvalue weighted by Crippen LogP contribution is 2.29. The molecule has 2 rings (SSSR count). The monoisotopic (exact) mass is 422 g/mol. The number of halogens is 3. The highest BCUT2D eigenvalue weighted by Gasteiger charge is 2.30. The van der Waals surface area contributed by atoms with E-state index in [1.807, 2.05) is 6.07 Å². The van der Waals surface area contributed by atoms with Crippen LogP contribution in [-0.4, -0.2) is 29.5 Å². The normalized spacial score (nSPS) is 11.7. The van der Waals surface area contributed by atoms with E-state index in [0.717, 1.165) is 17.7 Å². The molecule has 1 N–H and O–H groups in total. The maximum atomic E-state index is 12.6. The molecule has 162 valence electrons. The predicted molar refractivity (Wildman–Crippen MR) is 108 cm³/mol. The lowest BCUT2D eigenvalue weighted by molar-refractivity contribution is -0.137. The Balaban J connectivity index is 1.96. The van der Waals surface area contributed by atoms with E-state index in [0.29, 0.717) is 11.3 Å². The summed E-state index contributed by atoms with van der Waals surface area (Å²) < 4.78 is 43.2. The van der Waals surface area contributed by atoms with Gasteiger partial charge in [0, 0.05) is 19.3 Å². The number of anilines is 1. The molecule has 8 heteroatoms. The average Bonchev–Trinajstić information content (AvgIpc) is 2.60. The van der Waals surface area contributed by atoms with Crippen LogP contribution >= 0.6 is 0 Å². The van der Waals surface area contributed by atoms with Crippen molar-refractivity contribution in [1.82, 2.24) is 4.90 Å². The first-order chi connectivity index (χ1) is 13.8. The van der Waals surface area contributed by atoms with Crippen molar-refractivity contribution in [3.63, 3.8) is 0 Å². The van der Waals surface area contributed by atoms with Crippen LogP contribution < -0.4 is 5.32 Å². The molecule has 0 aliphatic rings. The summed E-state index contributed by atoms with van der Waals surface area (Å²) in [4.78, 5) is 25.7. The molecule has 0 fully saturated rings. The van der Waals surface area contributed by atoms with Crippen molar-refractivity contribution in [2.45, 2.75) is 45.5 Å². The summed E-state index contributed by atoms with van der Waals surface area (Å²) in [6.45, 7) is 5.64. The van der Waals surface area contributed by atoms with Crippen LogP contribution in [0.2, 0.25) is 0 Å². The number of hydrogen-bond donors (Lipinski definition) is 1. The molecule has 30 heavy (non-hydrogen) atoms. The smallest absolute Gasteiger partial charge is 0.416 e. The van der Waals surface area contributed by atoms with E-state index >= 15 is 0 Å². The van der Waals surface area contributed by atoms with Gasteiger partial charge in [-0.25, -0.2) is 4.79 Å². The van der Waals surface area contributed by atoms with Crippen molar-refractivity contribution < 1.29 is 27.5 Å². The molecule has 5 nitrogen and oxygen atoms in total. The minimum absolute atomic E-state index is 0.0554. The van der Waals surface area contributed by atoms with Crippen molar-refractivity contribution in [2.24, 2.45) is 0 Å². The first-order valence-corrected chi connectivity index (χ1v) is 9.32. The number of ether oxygens (including phenoxy) is 1. The second kappa shape index (κ2) is 9.19. The molecular weight excluding hydrogens is 397 g/mol. The first-order valence-electron chi connectivity index (χ1n) is 9.32. The average molecular weight is 422 g/mol. The molecule has 0 bridgehead atoms. The number of carbonyl (C=O) groups is 2. The lowest BCUT2D eigenvalue weighted by atomic mass is 10.1. The predicted octanol–water partition coefficient (Wildman–Crippen LogP) is 5.25.